The normalized spacial score (nSPS) is 29.0. The van der Waals surface area contributed by atoms with Crippen LogP contribution < -0.4 is 11.1 Å². The number of anilines is 1. The van der Waals surface area contributed by atoms with Crippen LogP contribution in [0.4, 0.5) is 5.82 Å². The van der Waals surface area contributed by atoms with Crippen molar-refractivity contribution < 1.29 is 0 Å². The zero-order valence-corrected chi connectivity index (χ0v) is 10.9. The lowest BCUT2D eigenvalue weighted by Crippen LogP contribution is -2.48. The monoisotopic (exact) mass is 254 g/mol. The number of nitrogens with two attached hydrogens (primary N) is 1. The van der Waals surface area contributed by atoms with Crippen molar-refractivity contribution >= 4 is 17.4 Å². The smallest absolute Gasteiger partial charge is 0.148 e. The van der Waals surface area contributed by atoms with Crippen LogP contribution in [0.2, 0.25) is 5.02 Å². The number of halogens is 1. The van der Waals surface area contributed by atoms with Gasteiger partial charge in [0.1, 0.15) is 17.2 Å². The van der Waals surface area contributed by atoms with E-state index in [1.807, 2.05) is 0 Å². The van der Waals surface area contributed by atoms with E-state index in [1.54, 1.807) is 6.20 Å². The van der Waals surface area contributed by atoms with Gasteiger partial charge in [0, 0.05) is 6.54 Å². The fourth-order valence-corrected chi connectivity index (χ4v) is 2.50. The van der Waals surface area contributed by atoms with E-state index >= 15 is 0 Å². The average Bonchev–Trinajstić information content (AvgIpc) is 2.35. The van der Waals surface area contributed by atoms with Gasteiger partial charge in [0.05, 0.1) is 11.7 Å². The fraction of sp³-hybridized carbons (Fsp3) is 0.667. The highest BCUT2D eigenvalue weighted by atomic mass is 35.5. The number of rotatable bonds is 3. The zero-order valence-electron chi connectivity index (χ0n) is 10.1. The first-order valence-electron chi connectivity index (χ1n) is 6.09. The van der Waals surface area contributed by atoms with Crippen LogP contribution in [-0.2, 0) is 0 Å². The summed E-state index contributed by atoms with van der Waals surface area (Å²) in [5, 5.41) is 3.98. The first-order chi connectivity index (χ1) is 8.15. The summed E-state index contributed by atoms with van der Waals surface area (Å²) in [6.45, 7) is 2.90. The van der Waals surface area contributed by atoms with E-state index in [-0.39, 0.29) is 5.54 Å². The minimum Gasteiger partial charge on any atom is -0.362 e. The van der Waals surface area contributed by atoms with Gasteiger partial charge in [-0.05, 0) is 31.6 Å². The Balaban J connectivity index is 2.12. The van der Waals surface area contributed by atoms with Crippen molar-refractivity contribution in [1.82, 2.24) is 9.97 Å². The van der Waals surface area contributed by atoms with Crippen molar-refractivity contribution in [1.29, 1.82) is 0 Å². The summed E-state index contributed by atoms with van der Waals surface area (Å²) in [6.07, 6.45) is 7.66. The van der Waals surface area contributed by atoms with Crippen LogP contribution in [0.1, 0.15) is 32.6 Å². The molecule has 1 aromatic rings. The van der Waals surface area contributed by atoms with Gasteiger partial charge in [0.25, 0.3) is 0 Å². The van der Waals surface area contributed by atoms with Crippen LogP contribution in [0, 0.1) is 5.92 Å². The van der Waals surface area contributed by atoms with Gasteiger partial charge >= 0.3 is 0 Å². The quantitative estimate of drug-likeness (QED) is 0.870. The topological polar surface area (TPSA) is 63.8 Å². The molecule has 0 aromatic carbocycles. The first-order valence-corrected chi connectivity index (χ1v) is 6.47. The molecule has 1 aliphatic rings. The van der Waals surface area contributed by atoms with Gasteiger partial charge in [-0.2, -0.15) is 0 Å². The fourth-order valence-electron chi connectivity index (χ4n) is 2.35. The SMILES string of the molecule is CC1CCC(CN)(Nc2ncncc2Cl)CC1. The summed E-state index contributed by atoms with van der Waals surface area (Å²) in [5.74, 6) is 1.49. The Kier molecular flexibility index (Phi) is 3.84. The highest BCUT2D eigenvalue weighted by Gasteiger charge is 2.33. The molecule has 5 heteroatoms. The molecule has 0 radical (unpaired) electrons. The lowest BCUT2D eigenvalue weighted by atomic mass is 9.77. The van der Waals surface area contributed by atoms with Crippen LogP contribution in [0.5, 0.6) is 0 Å². The van der Waals surface area contributed by atoms with Crippen LogP contribution in [0.3, 0.4) is 0 Å². The predicted molar refractivity (Wildman–Crippen MR) is 70.1 cm³/mol. The molecular weight excluding hydrogens is 236 g/mol. The molecule has 1 aliphatic carbocycles. The standard InChI is InChI=1S/C12H19ClN4/c1-9-2-4-12(7-14,5-3-9)17-11-10(13)6-15-8-16-11/h6,8-9H,2-5,7,14H2,1H3,(H,15,16,17). The third kappa shape index (κ3) is 2.87. The lowest BCUT2D eigenvalue weighted by molar-refractivity contribution is 0.271. The number of nitrogens with one attached hydrogen (secondary N) is 1. The Labute approximate surface area is 107 Å². The lowest BCUT2D eigenvalue weighted by Gasteiger charge is -2.39. The molecule has 4 nitrogen and oxygen atoms in total. The van der Waals surface area contributed by atoms with Crippen LogP contribution in [0.15, 0.2) is 12.5 Å². The van der Waals surface area contributed by atoms with E-state index in [4.69, 9.17) is 17.3 Å². The Morgan fingerprint density at radius 1 is 1.53 bits per heavy atom. The maximum absolute atomic E-state index is 6.06. The van der Waals surface area contributed by atoms with Gasteiger partial charge in [0.2, 0.25) is 0 Å². The first kappa shape index (κ1) is 12.6. The van der Waals surface area contributed by atoms with Crippen molar-refractivity contribution in [2.75, 3.05) is 11.9 Å². The molecule has 17 heavy (non-hydrogen) atoms. The Morgan fingerprint density at radius 3 is 2.82 bits per heavy atom. The molecule has 0 amide bonds. The molecule has 0 bridgehead atoms. The average molecular weight is 255 g/mol. The minimum atomic E-state index is -0.0511. The molecule has 0 spiro atoms. The molecule has 0 aliphatic heterocycles. The molecule has 1 fully saturated rings. The summed E-state index contributed by atoms with van der Waals surface area (Å²) < 4.78 is 0. The third-order valence-electron chi connectivity index (χ3n) is 3.67. The highest BCUT2D eigenvalue weighted by Crippen LogP contribution is 2.34. The summed E-state index contributed by atoms with van der Waals surface area (Å²) >= 11 is 6.06. The largest absolute Gasteiger partial charge is 0.362 e. The second-order valence-corrected chi connectivity index (χ2v) is 5.42. The van der Waals surface area contributed by atoms with E-state index in [0.29, 0.717) is 17.4 Å². The summed E-state index contributed by atoms with van der Waals surface area (Å²) in [7, 11) is 0. The number of aromatic nitrogens is 2. The van der Waals surface area contributed by atoms with Gasteiger partial charge in [-0.25, -0.2) is 9.97 Å². The molecule has 3 N–H and O–H groups in total. The van der Waals surface area contributed by atoms with E-state index in [0.717, 1.165) is 18.8 Å². The Bertz CT molecular complexity index is 375. The van der Waals surface area contributed by atoms with Crippen LogP contribution in [-0.4, -0.2) is 22.1 Å². The van der Waals surface area contributed by atoms with E-state index in [1.165, 1.54) is 19.2 Å². The van der Waals surface area contributed by atoms with E-state index in [9.17, 15) is 0 Å². The second-order valence-electron chi connectivity index (χ2n) is 5.01. The van der Waals surface area contributed by atoms with Gasteiger partial charge in [-0.15, -0.1) is 0 Å². The minimum absolute atomic E-state index is 0.0511. The number of hydrogen-bond acceptors (Lipinski definition) is 4. The Hall–Kier alpha value is -0.870. The van der Waals surface area contributed by atoms with Gasteiger partial charge in [0.15, 0.2) is 0 Å². The Morgan fingerprint density at radius 2 is 2.24 bits per heavy atom. The van der Waals surface area contributed by atoms with Crippen molar-refractivity contribution in [3.05, 3.63) is 17.5 Å². The summed E-state index contributed by atoms with van der Waals surface area (Å²) in [6, 6.07) is 0. The molecular formula is C12H19ClN4. The maximum atomic E-state index is 6.06. The summed E-state index contributed by atoms with van der Waals surface area (Å²) in [5.41, 5.74) is 5.88. The second kappa shape index (κ2) is 5.19. The van der Waals surface area contributed by atoms with Crippen molar-refractivity contribution in [3.63, 3.8) is 0 Å². The van der Waals surface area contributed by atoms with Gasteiger partial charge in [-0.1, -0.05) is 18.5 Å². The molecule has 1 saturated carbocycles. The molecule has 0 unspecified atom stereocenters. The van der Waals surface area contributed by atoms with Crippen molar-refractivity contribution in [2.45, 2.75) is 38.1 Å². The molecule has 94 valence electrons. The highest BCUT2D eigenvalue weighted by molar-refractivity contribution is 6.32. The third-order valence-corrected chi connectivity index (χ3v) is 3.95. The molecule has 1 aromatic heterocycles. The van der Waals surface area contributed by atoms with E-state index in [2.05, 4.69) is 22.2 Å². The maximum Gasteiger partial charge on any atom is 0.148 e. The van der Waals surface area contributed by atoms with Crippen LogP contribution in [0.25, 0.3) is 0 Å². The van der Waals surface area contributed by atoms with Gasteiger partial charge in [-0.3, -0.25) is 0 Å². The van der Waals surface area contributed by atoms with Crippen molar-refractivity contribution in [3.8, 4) is 0 Å². The zero-order chi connectivity index (χ0) is 12.3. The molecule has 1 heterocycles. The molecule has 2 rings (SSSR count). The predicted octanol–water partition coefficient (Wildman–Crippen LogP) is 2.45. The number of nitrogens with zero attached hydrogens (tertiary/aromatic N) is 2. The van der Waals surface area contributed by atoms with Crippen molar-refractivity contribution in [2.24, 2.45) is 11.7 Å². The summed E-state index contributed by atoms with van der Waals surface area (Å²) in [4.78, 5) is 8.06. The molecule has 0 atom stereocenters. The molecule has 0 saturated heterocycles. The number of hydrogen-bond donors (Lipinski definition) is 2. The van der Waals surface area contributed by atoms with Gasteiger partial charge < -0.3 is 11.1 Å². The van der Waals surface area contributed by atoms with E-state index < -0.39 is 0 Å². The van der Waals surface area contributed by atoms with Crippen LogP contribution >= 0.6 is 11.6 Å².